The molecule has 0 aliphatic carbocycles. The largest absolute Gasteiger partial charge is 0.477 e. The lowest BCUT2D eigenvalue weighted by atomic mass is 10.3. The van der Waals surface area contributed by atoms with Crippen molar-refractivity contribution in [3.05, 3.63) is 17.5 Å². The summed E-state index contributed by atoms with van der Waals surface area (Å²) in [6.45, 7) is 3.27. The van der Waals surface area contributed by atoms with Crippen LogP contribution in [-0.4, -0.2) is 34.4 Å². The van der Waals surface area contributed by atoms with Gasteiger partial charge in [-0.1, -0.05) is 0 Å². The first-order chi connectivity index (χ1) is 8.40. The summed E-state index contributed by atoms with van der Waals surface area (Å²) in [5, 5.41) is 13.9. The molecule has 0 aliphatic heterocycles. The molecule has 1 rings (SSSR count). The van der Waals surface area contributed by atoms with Gasteiger partial charge in [0.2, 0.25) is 11.8 Å². The number of carbonyl (C=O) groups excluding carboxylic acids is 2. The number of aryl methyl sites for hydroxylation is 1. The third-order valence-electron chi connectivity index (χ3n) is 2.17. The van der Waals surface area contributed by atoms with Gasteiger partial charge in [0.25, 0.3) is 0 Å². The Morgan fingerprint density at radius 2 is 2.06 bits per heavy atom. The lowest BCUT2D eigenvalue weighted by molar-refractivity contribution is -0.119. The smallest absolute Gasteiger partial charge is 0.354 e. The highest BCUT2D eigenvalue weighted by Gasteiger charge is 2.15. The highest BCUT2D eigenvalue weighted by atomic mass is 16.4. The van der Waals surface area contributed by atoms with E-state index in [1.807, 2.05) is 0 Å². The molecule has 1 aromatic rings. The molecule has 0 saturated heterocycles. The number of hydrogen-bond donors (Lipinski definition) is 4. The van der Waals surface area contributed by atoms with Crippen molar-refractivity contribution in [1.29, 1.82) is 0 Å². The first-order valence-electron chi connectivity index (χ1n) is 5.37. The van der Waals surface area contributed by atoms with Crippen LogP contribution >= 0.6 is 0 Å². The molecule has 1 heterocycles. The van der Waals surface area contributed by atoms with Crippen LogP contribution in [0.5, 0.6) is 0 Å². The second-order valence-corrected chi connectivity index (χ2v) is 3.83. The Morgan fingerprint density at radius 1 is 1.39 bits per heavy atom. The molecule has 0 bridgehead atoms. The van der Waals surface area contributed by atoms with E-state index in [2.05, 4.69) is 15.6 Å². The zero-order chi connectivity index (χ0) is 13.7. The van der Waals surface area contributed by atoms with Crippen LogP contribution < -0.4 is 10.6 Å². The number of carbonyl (C=O) groups is 3. The maximum atomic E-state index is 11.5. The summed E-state index contributed by atoms with van der Waals surface area (Å²) in [5.41, 5.74) is 0.817. The molecule has 1 aromatic heterocycles. The number of carboxylic acids is 1. The van der Waals surface area contributed by atoms with Gasteiger partial charge in [-0.15, -0.1) is 0 Å². The molecule has 0 fully saturated rings. The molecule has 0 radical (unpaired) electrons. The molecule has 98 valence electrons. The van der Waals surface area contributed by atoms with Crippen molar-refractivity contribution < 1.29 is 19.5 Å². The molecule has 0 spiro atoms. The summed E-state index contributed by atoms with van der Waals surface area (Å²) >= 11 is 0. The standard InChI is InChI=1S/C11H15N3O4/c1-6-5-8(10(13-6)11(17)18)14-9(16)3-4-12-7(2)15/h5,13H,3-4H2,1-2H3,(H,12,15)(H,14,16)(H,17,18). The predicted molar refractivity (Wildman–Crippen MR) is 64.4 cm³/mol. The number of amides is 2. The van der Waals surface area contributed by atoms with Gasteiger partial charge in [-0.25, -0.2) is 4.79 Å². The van der Waals surface area contributed by atoms with Crippen molar-refractivity contribution in [2.45, 2.75) is 20.3 Å². The fourth-order valence-corrected chi connectivity index (χ4v) is 1.42. The Balaban J connectivity index is 2.59. The lowest BCUT2D eigenvalue weighted by Crippen LogP contribution is -2.25. The lowest BCUT2D eigenvalue weighted by Gasteiger charge is -2.04. The second kappa shape index (κ2) is 5.85. The zero-order valence-electron chi connectivity index (χ0n) is 10.2. The number of nitrogens with one attached hydrogen (secondary N) is 3. The van der Waals surface area contributed by atoms with Gasteiger partial charge in [-0.2, -0.15) is 0 Å². The number of aromatic nitrogens is 1. The van der Waals surface area contributed by atoms with Gasteiger partial charge in [0.05, 0.1) is 5.69 Å². The van der Waals surface area contributed by atoms with Gasteiger partial charge in [0.1, 0.15) is 5.69 Å². The van der Waals surface area contributed by atoms with E-state index in [0.717, 1.165) is 0 Å². The van der Waals surface area contributed by atoms with Crippen molar-refractivity contribution in [2.75, 3.05) is 11.9 Å². The summed E-state index contributed by atoms with van der Waals surface area (Å²) < 4.78 is 0. The van der Waals surface area contributed by atoms with Crippen LogP contribution in [-0.2, 0) is 9.59 Å². The first kappa shape index (κ1) is 13.8. The van der Waals surface area contributed by atoms with E-state index in [4.69, 9.17) is 5.11 Å². The van der Waals surface area contributed by atoms with Crippen LogP contribution in [0, 0.1) is 6.92 Å². The first-order valence-corrected chi connectivity index (χ1v) is 5.37. The summed E-state index contributed by atoms with van der Waals surface area (Å²) in [6, 6.07) is 1.54. The Bertz CT molecular complexity index is 479. The van der Waals surface area contributed by atoms with Crippen molar-refractivity contribution in [3.8, 4) is 0 Å². The second-order valence-electron chi connectivity index (χ2n) is 3.83. The highest BCUT2D eigenvalue weighted by Crippen LogP contribution is 2.16. The van der Waals surface area contributed by atoms with E-state index in [0.29, 0.717) is 5.69 Å². The third kappa shape index (κ3) is 3.93. The Morgan fingerprint density at radius 3 is 2.61 bits per heavy atom. The quantitative estimate of drug-likeness (QED) is 0.611. The van der Waals surface area contributed by atoms with Gasteiger partial charge < -0.3 is 20.7 Å². The highest BCUT2D eigenvalue weighted by molar-refractivity contribution is 5.99. The average Bonchev–Trinajstić information content (AvgIpc) is 2.58. The molecule has 0 unspecified atom stereocenters. The topological polar surface area (TPSA) is 111 Å². The summed E-state index contributed by atoms with van der Waals surface area (Å²) in [4.78, 5) is 35.6. The third-order valence-corrected chi connectivity index (χ3v) is 2.17. The molecule has 0 aliphatic rings. The van der Waals surface area contributed by atoms with Gasteiger partial charge in [-0.3, -0.25) is 9.59 Å². The Kier molecular flexibility index (Phi) is 4.47. The number of hydrogen-bond acceptors (Lipinski definition) is 3. The van der Waals surface area contributed by atoms with E-state index >= 15 is 0 Å². The minimum Gasteiger partial charge on any atom is -0.477 e. The Hall–Kier alpha value is -2.31. The van der Waals surface area contributed by atoms with Crippen LogP contribution in [0.3, 0.4) is 0 Å². The summed E-state index contributed by atoms with van der Waals surface area (Å²) in [7, 11) is 0. The maximum Gasteiger partial charge on any atom is 0.354 e. The number of rotatable bonds is 5. The normalized spacial score (nSPS) is 9.89. The van der Waals surface area contributed by atoms with E-state index < -0.39 is 5.97 Å². The average molecular weight is 253 g/mol. The van der Waals surface area contributed by atoms with Crippen molar-refractivity contribution in [3.63, 3.8) is 0 Å². The molecule has 4 N–H and O–H groups in total. The summed E-state index contributed by atoms with van der Waals surface area (Å²) in [6.07, 6.45) is 0.0862. The molecule has 0 saturated carbocycles. The van der Waals surface area contributed by atoms with Crippen LogP contribution in [0.2, 0.25) is 0 Å². The van der Waals surface area contributed by atoms with Crippen LogP contribution in [0.4, 0.5) is 5.69 Å². The predicted octanol–water partition coefficient (Wildman–Crippen LogP) is 0.486. The van der Waals surface area contributed by atoms with Crippen LogP contribution in [0.1, 0.15) is 29.5 Å². The van der Waals surface area contributed by atoms with E-state index in [1.165, 1.54) is 6.92 Å². The molecule has 18 heavy (non-hydrogen) atoms. The van der Waals surface area contributed by atoms with Crippen LogP contribution in [0.25, 0.3) is 0 Å². The van der Waals surface area contributed by atoms with Crippen LogP contribution in [0.15, 0.2) is 6.07 Å². The van der Waals surface area contributed by atoms with Gasteiger partial charge in [0, 0.05) is 25.6 Å². The molecule has 0 atom stereocenters. The van der Waals surface area contributed by atoms with Crippen molar-refractivity contribution >= 4 is 23.5 Å². The van der Waals surface area contributed by atoms with E-state index in [1.54, 1.807) is 13.0 Å². The van der Waals surface area contributed by atoms with Gasteiger partial charge in [-0.05, 0) is 13.0 Å². The molecule has 0 aromatic carbocycles. The number of aromatic carboxylic acids is 1. The summed E-state index contributed by atoms with van der Waals surface area (Å²) in [5.74, 6) is -1.71. The molecule has 7 nitrogen and oxygen atoms in total. The molecule has 2 amide bonds. The van der Waals surface area contributed by atoms with E-state index in [-0.39, 0.29) is 36.2 Å². The number of carboxylic acid groups (broad SMARTS) is 1. The number of H-pyrrole nitrogens is 1. The fraction of sp³-hybridized carbons (Fsp3) is 0.364. The van der Waals surface area contributed by atoms with E-state index in [9.17, 15) is 14.4 Å². The Labute approximate surface area is 104 Å². The zero-order valence-corrected chi connectivity index (χ0v) is 10.2. The number of aromatic amines is 1. The van der Waals surface area contributed by atoms with Crippen molar-refractivity contribution in [2.24, 2.45) is 0 Å². The molecule has 7 heteroatoms. The van der Waals surface area contributed by atoms with Crippen molar-refractivity contribution in [1.82, 2.24) is 10.3 Å². The maximum absolute atomic E-state index is 11.5. The molecular weight excluding hydrogens is 238 g/mol. The van der Waals surface area contributed by atoms with Gasteiger partial charge >= 0.3 is 5.97 Å². The SMILES string of the molecule is CC(=O)NCCC(=O)Nc1cc(C)[nH]c1C(=O)O. The van der Waals surface area contributed by atoms with Gasteiger partial charge in [0.15, 0.2) is 0 Å². The monoisotopic (exact) mass is 253 g/mol. The number of anilines is 1. The minimum absolute atomic E-state index is 0.0552. The minimum atomic E-state index is -1.14. The fourth-order valence-electron chi connectivity index (χ4n) is 1.42. The molecular formula is C11H15N3O4.